The Hall–Kier alpha value is -4.14. The van der Waals surface area contributed by atoms with Crippen molar-refractivity contribution in [3.8, 4) is 28.7 Å². The third-order valence-corrected chi connectivity index (χ3v) is 4.71. The maximum absolute atomic E-state index is 13.1. The van der Waals surface area contributed by atoms with Gasteiger partial charge in [-0.15, -0.1) is 6.58 Å². The summed E-state index contributed by atoms with van der Waals surface area (Å²) in [6, 6.07) is 5.80. The quantitative estimate of drug-likeness (QED) is 0.396. The SMILES string of the molecule is C=CCc1c(OC(C)=O)cc2c(c1O)C(=O)CC(c1c(OC(C)=O)cccc1OC(C)=O)O2. The zero-order valence-corrected chi connectivity index (χ0v) is 18.3. The predicted octanol–water partition coefficient (Wildman–Crippen LogP) is 3.60. The second kappa shape index (κ2) is 9.56. The fourth-order valence-electron chi connectivity index (χ4n) is 3.57. The molecule has 1 aliphatic rings. The summed E-state index contributed by atoms with van der Waals surface area (Å²) in [5, 5.41) is 10.8. The molecule has 3 rings (SSSR count). The molecular weight excluding hydrogens is 432 g/mol. The molecule has 33 heavy (non-hydrogen) atoms. The Bertz CT molecular complexity index is 1130. The van der Waals surface area contributed by atoms with Crippen LogP contribution in [0.3, 0.4) is 0 Å². The fraction of sp³-hybridized carbons (Fsp3) is 0.250. The molecule has 2 aromatic carbocycles. The molecular formula is C24H22O9. The topological polar surface area (TPSA) is 125 Å². The Morgan fingerprint density at radius 3 is 2.12 bits per heavy atom. The number of carbonyl (C=O) groups is 4. The lowest BCUT2D eigenvalue weighted by Crippen LogP contribution is -2.23. The van der Waals surface area contributed by atoms with Crippen molar-refractivity contribution in [3.63, 3.8) is 0 Å². The van der Waals surface area contributed by atoms with Gasteiger partial charge < -0.3 is 24.1 Å². The summed E-state index contributed by atoms with van der Waals surface area (Å²) >= 11 is 0. The van der Waals surface area contributed by atoms with Crippen LogP contribution in [-0.2, 0) is 20.8 Å². The van der Waals surface area contributed by atoms with Gasteiger partial charge in [0, 0.05) is 32.4 Å². The van der Waals surface area contributed by atoms with Crippen molar-refractivity contribution in [2.24, 2.45) is 0 Å². The number of aromatic hydroxyl groups is 1. The predicted molar refractivity (Wildman–Crippen MR) is 115 cm³/mol. The lowest BCUT2D eigenvalue weighted by atomic mass is 9.92. The largest absolute Gasteiger partial charge is 0.507 e. The number of phenols is 1. The average Bonchev–Trinajstić information content (AvgIpc) is 2.69. The van der Waals surface area contributed by atoms with Crippen molar-refractivity contribution >= 4 is 23.7 Å². The first-order valence-corrected chi connectivity index (χ1v) is 10.00. The summed E-state index contributed by atoms with van der Waals surface area (Å²) in [5.74, 6) is -2.64. The third kappa shape index (κ3) is 5.03. The number of hydrogen-bond donors (Lipinski definition) is 1. The van der Waals surface area contributed by atoms with Crippen molar-refractivity contribution in [2.75, 3.05) is 0 Å². The van der Waals surface area contributed by atoms with Gasteiger partial charge in [-0.25, -0.2) is 0 Å². The van der Waals surface area contributed by atoms with Crippen LogP contribution in [0.5, 0.6) is 28.7 Å². The van der Waals surface area contributed by atoms with E-state index in [1.165, 1.54) is 51.1 Å². The zero-order chi connectivity index (χ0) is 24.3. The highest BCUT2D eigenvalue weighted by Crippen LogP contribution is 2.48. The first-order chi connectivity index (χ1) is 15.6. The molecule has 9 nitrogen and oxygen atoms in total. The minimum Gasteiger partial charge on any atom is -0.507 e. The molecule has 1 aliphatic heterocycles. The molecule has 172 valence electrons. The molecule has 1 atom stereocenters. The standard InChI is InChI=1S/C24H22O9/c1-5-7-15-19(32-14(4)27)11-21-22(24(15)29)16(28)10-20(33-21)23-17(30-12(2)25)8-6-9-18(23)31-13(3)26/h5-6,8-9,11,20,29H,1,7,10H2,2-4H3. The summed E-state index contributed by atoms with van der Waals surface area (Å²) in [7, 11) is 0. The summed E-state index contributed by atoms with van der Waals surface area (Å²) in [6.07, 6.45) is 0.369. The number of benzene rings is 2. The van der Waals surface area contributed by atoms with Gasteiger partial charge in [-0.3, -0.25) is 19.2 Å². The van der Waals surface area contributed by atoms with Gasteiger partial charge in [-0.05, 0) is 18.6 Å². The first kappa shape index (κ1) is 23.5. The number of phenolic OH excluding ortho intramolecular Hbond substituents is 1. The van der Waals surface area contributed by atoms with Crippen molar-refractivity contribution in [2.45, 2.75) is 39.7 Å². The van der Waals surface area contributed by atoms with Crippen LogP contribution in [0.4, 0.5) is 0 Å². The number of ketones is 1. The van der Waals surface area contributed by atoms with Gasteiger partial charge in [-0.1, -0.05) is 12.1 Å². The third-order valence-electron chi connectivity index (χ3n) is 4.71. The highest BCUT2D eigenvalue weighted by atomic mass is 16.6. The maximum atomic E-state index is 13.1. The van der Waals surface area contributed by atoms with Gasteiger partial charge in [0.2, 0.25) is 0 Å². The highest BCUT2D eigenvalue weighted by Gasteiger charge is 2.36. The van der Waals surface area contributed by atoms with Crippen LogP contribution in [0.2, 0.25) is 0 Å². The second-order valence-corrected chi connectivity index (χ2v) is 7.25. The molecule has 0 amide bonds. The monoisotopic (exact) mass is 454 g/mol. The molecule has 0 fully saturated rings. The lowest BCUT2D eigenvalue weighted by Gasteiger charge is -2.29. The molecule has 0 radical (unpaired) electrons. The van der Waals surface area contributed by atoms with E-state index in [9.17, 15) is 24.3 Å². The van der Waals surface area contributed by atoms with E-state index in [4.69, 9.17) is 18.9 Å². The Labute approximate surface area is 189 Å². The zero-order valence-electron chi connectivity index (χ0n) is 18.3. The van der Waals surface area contributed by atoms with E-state index in [0.717, 1.165) is 0 Å². The van der Waals surface area contributed by atoms with Gasteiger partial charge in [-0.2, -0.15) is 0 Å². The summed E-state index contributed by atoms with van der Waals surface area (Å²) in [6.45, 7) is 7.22. The van der Waals surface area contributed by atoms with Crippen LogP contribution in [0, 0.1) is 0 Å². The smallest absolute Gasteiger partial charge is 0.308 e. The number of allylic oxidation sites excluding steroid dienone is 1. The Morgan fingerprint density at radius 2 is 1.61 bits per heavy atom. The van der Waals surface area contributed by atoms with Gasteiger partial charge in [0.15, 0.2) is 5.78 Å². The van der Waals surface area contributed by atoms with Crippen LogP contribution >= 0.6 is 0 Å². The number of fused-ring (bicyclic) bond motifs is 1. The molecule has 2 aromatic rings. The van der Waals surface area contributed by atoms with E-state index >= 15 is 0 Å². The van der Waals surface area contributed by atoms with E-state index in [1.54, 1.807) is 0 Å². The van der Waals surface area contributed by atoms with Crippen LogP contribution in [0.15, 0.2) is 36.9 Å². The molecule has 0 bridgehead atoms. The van der Waals surface area contributed by atoms with Crippen LogP contribution < -0.4 is 18.9 Å². The summed E-state index contributed by atoms with van der Waals surface area (Å²) < 4.78 is 21.7. The molecule has 0 saturated heterocycles. The van der Waals surface area contributed by atoms with Crippen LogP contribution in [-0.4, -0.2) is 28.8 Å². The number of ether oxygens (including phenoxy) is 4. The number of rotatable bonds is 6. The van der Waals surface area contributed by atoms with Crippen LogP contribution in [0.1, 0.15) is 54.8 Å². The van der Waals surface area contributed by atoms with E-state index in [-0.39, 0.29) is 58.3 Å². The van der Waals surface area contributed by atoms with Gasteiger partial charge in [0.25, 0.3) is 0 Å². The molecule has 9 heteroatoms. The van der Waals surface area contributed by atoms with Crippen LogP contribution in [0.25, 0.3) is 0 Å². The lowest BCUT2D eigenvalue weighted by molar-refractivity contribution is -0.133. The minimum absolute atomic E-state index is 0.0144. The minimum atomic E-state index is -1.02. The van der Waals surface area contributed by atoms with Crippen molar-refractivity contribution in [3.05, 3.63) is 53.6 Å². The Kier molecular flexibility index (Phi) is 6.81. The Morgan fingerprint density at radius 1 is 1.06 bits per heavy atom. The van der Waals surface area contributed by atoms with Crippen molar-refractivity contribution < 1.29 is 43.2 Å². The van der Waals surface area contributed by atoms with Crippen molar-refractivity contribution in [1.82, 2.24) is 0 Å². The Balaban J connectivity index is 2.15. The van der Waals surface area contributed by atoms with Gasteiger partial charge >= 0.3 is 17.9 Å². The van der Waals surface area contributed by atoms with Gasteiger partial charge in [0.05, 0.1) is 12.0 Å². The molecule has 0 spiro atoms. The van der Waals surface area contributed by atoms with Gasteiger partial charge in [0.1, 0.15) is 40.4 Å². The maximum Gasteiger partial charge on any atom is 0.308 e. The highest BCUT2D eigenvalue weighted by molar-refractivity contribution is 6.03. The fourth-order valence-corrected chi connectivity index (χ4v) is 3.57. The number of Topliss-reactive ketones (excluding diaryl/α,β-unsaturated/α-hetero) is 1. The summed E-state index contributed by atoms with van der Waals surface area (Å²) in [5.41, 5.74) is 0.318. The second-order valence-electron chi connectivity index (χ2n) is 7.25. The normalized spacial score (nSPS) is 14.5. The molecule has 1 unspecified atom stereocenters. The average molecular weight is 454 g/mol. The molecule has 1 heterocycles. The molecule has 0 saturated carbocycles. The van der Waals surface area contributed by atoms with E-state index < -0.39 is 29.8 Å². The van der Waals surface area contributed by atoms with E-state index in [2.05, 4.69) is 6.58 Å². The van der Waals surface area contributed by atoms with E-state index in [0.29, 0.717) is 0 Å². The number of esters is 3. The van der Waals surface area contributed by atoms with E-state index in [1.807, 2.05) is 0 Å². The molecule has 0 aromatic heterocycles. The molecule has 1 N–H and O–H groups in total. The first-order valence-electron chi connectivity index (χ1n) is 10.00. The number of carbonyl (C=O) groups excluding carboxylic acids is 4. The summed E-state index contributed by atoms with van der Waals surface area (Å²) in [4.78, 5) is 47.8. The number of hydrogen-bond acceptors (Lipinski definition) is 9. The van der Waals surface area contributed by atoms with Crippen molar-refractivity contribution in [1.29, 1.82) is 0 Å². The molecule has 0 aliphatic carbocycles.